The van der Waals surface area contributed by atoms with E-state index in [4.69, 9.17) is 9.15 Å². The van der Waals surface area contributed by atoms with E-state index in [9.17, 15) is 0 Å². The van der Waals surface area contributed by atoms with E-state index in [1.165, 1.54) is 12.8 Å². The van der Waals surface area contributed by atoms with Crippen molar-refractivity contribution < 1.29 is 9.15 Å². The van der Waals surface area contributed by atoms with E-state index in [1.807, 2.05) is 12.1 Å². The van der Waals surface area contributed by atoms with Crippen LogP contribution in [0, 0.1) is 5.92 Å². The Kier molecular flexibility index (Phi) is 7.76. The van der Waals surface area contributed by atoms with Crippen LogP contribution < -0.4 is 5.32 Å². The van der Waals surface area contributed by atoms with Crippen molar-refractivity contribution in [2.75, 3.05) is 19.7 Å². The molecule has 0 radical (unpaired) electrons. The zero-order valence-corrected chi connectivity index (χ0v) is 11.1. The summed E-state index contributed by atoms with van der Waals surface area (Å²) in [5.74, 6) is 1.65. The summed E-state index contributed by atoms with van der Waals surface area (Å²) in [5.41, 5.74) is 0. The first kappa shape index (κ1) is 14.3. The molecule has 0 atom stereocenters. The van der Waals surface area contributed by atoms with Crippen LogP contribution in [0.4, 0.5) is 0 Å². The Hall–Kier alpha value is -0.800. The molecular formula is C14H25NO2. The van der Waals surface area contributed by atoms with Crippen molar-refractivity contribution >= 4 is 0 Å². The second-order valence-electron chi connectivity index (χ2n) is 4.79. The molecule has 3 heteroatoms. The molecule has 17 heavy (non-hydrogen) atoms. The molecule has 0 aliphatic carbocycles. The Labute approximate surface area is 105 Å². The summed E-state index contributed by atoms with van der Waals surface area (Å²) in [6.07, 6.45) is 5.27. The Morgan fingerprint density at radius 3 is 2.88 bits per heavy atom. The highest BCUT2D eigenvalue weighted by atomic mass is 16.5. The van der Waals surface area contributed by atoms with Crippen LogP contribution in [0.3, 0.4) is 0 Å². The van der Waals surface area contributed by atoms with Gasteiger partial charge in [0.1, 0.15) is 12.4 Å². The second-order valence-corrected chi connectivity index (χ2v) is 4.79. The summed E-state index contributed by atoms with van der Waals surface area (Å²) >= 11 is 0. The predicted molar refractivity (Wildman–Crippen MR) is 69.9 cm³/mol. The Morgan fingerprint density at radius 1 is 1.29 bits per heavy atom. The highest BCUT2D eigenvalue weighted by Crippen LogP contribution is 2.03. The molecule has 1 rings (SSSR count). The highest BCUT2D eigenvalue weighted by molar-refractivity contribution is 4.95. The zero-order valence-electron chi connectivity index (χ0n) is 11.1. The van der Waals surface area contributed by atoms with Gasteiger partial charge >= 0.3 is 0 Å². The van der Waals surface area contributed by atoms with Crippen molar-refractivity contribution in [1.82, 2.24) is 5.32 Å². The first-order chi connectivity index (χ1) is 8.29. The molecule has 0 aliphatic rings. The third kappa shape index (κ3) is 8.00. The Balaban J connectivity index is 1.79. The van der Waals surface area contributed by atoms with Crippen LogP contribution in [-0.2, 0) is 11.3 Å². The van der Waals surface area contributed by atoms with E-state index < -0.39 is 0 Å². The van der Waals surface area contributed by atoms with Gasteiger partial charge in [0, 0.05) is 6.61 Å². The quantitative estimate of drug-likeness (QED) is 0.637. The highest BCUT2D eigenvalue weighted by Gasteiger charge is 1.96. The lowest BCUT2D eigenvalue weighted by atomic mass is 10.2. The van der Waals surface area contributed by atoms with Gasteiger partial charge in [0.05, 0.1) is 6.26 Å². The van der Waals surface area contributed by atoms with Gasteiger partial charge in [0.25, 0.3) is 0 Å². The molecule has 0 saturated carbocycles. The number of unbranched alkanes of at least 4 members (excludes halogenated alkanes) is 2. The van der Waals surface area contributed by atoms with Gasteiger partial charge in [-0.05, 0) is 50.4 Å². The molecular weight excluding hydrogens is 214 g/mol. The topological polar surface area (TPSA) is 34.4 Å². The molecule has 1 heterocycles. The van der Waals surface area contributed by atoms with Crippen molar-refractivity contribution in [3.8, 4) is 0 Å². The lowest BCUT2D eigenvalue weighted by Crippen LogP contribution is -2.20. The molecule has 0 unspecified atom stereocenters. The van der Waals surface area contributed by atoms with Gasteiger partial charge < -0.3 is 14.5 Å². The summed E-state index contributed by atoms with van der Waals surface area (Å²) in [6, 6.07) is 3.83. The predicted octanol–water partition coefficient (Wildman–Crippen LogP) is 3.21. The molecule has 1 aromatic heterocycles. The van der Waals surface area contributed by atoms with E-state index in [2.05, 4.69) is 19.2 Å². The molecule has 0 amide bonds. The number of hydrogen-bond acceptors (Lipinski definition) is 3. The lowest BCUT2D eigenvalue weighted by Gasteiger charge is -2.07. The van der Waals surface area contributed by atoms with Crippen LogP contribution in [0.2, 0.25) is 0 Å². The second kappa shape index (κ2) is 9.25. The summed E-state index contributed by atoms with van der Waals surface area (Å²) in [6.45, 7) is 8.12. The third-order valence-corrected chi connectivity index (χ3v) is 2.52. The SMILES string of the molecule is CC(C)CNCCCCCOCc1ccco1. The molecule has 1 aromatic rings. The monoisotopic (exact) mass is 239 g/mol. The molecule has 0 bridgehead atoms. The van der Waals surface area contributed by atoms with Gasteiger partial charge in [-0.25, -0.2) is 0 Å². The smallest absolute Gasteiger partial charge is 0.129 e. The molecule has 0 aromatic carbocycles. The molecule has 0 aliphatic heterocycles. The van der Waals surface area contributed by atoms with Crippen LogP contribution in [0.25, 0.3) is 0 Å². The van der Waals surface area contributed by atoms with E-state index in [1.54, 1.807) is 6.26 Å². The van der Waals surface area contributed by atoms with Crippen molar-refractivity contribution in [2.45, 2.75) is 39.7 Å². The summed E-state index contributed by atoms with van der Waals surface area (Å²) in [5, 5.41) is 3.44. The lowest BCUT2D eigenvalue weighted by molar-refractivity contribution is 0.102. The zero-order chi connectivity index (χ0) is 12.3. The number of ether oxygens (including phenoxy) is 1. The Bertz CT molecular complexity index is 257. The van der Waals surface area contributed by atoms with Crippen molar-refractivity contribution in [2.24, 2.45) is 5.92 Å². The third-order valence-electron chi connectivity index (χ3n) is 2.52. The first-order valence-corrected chi connectivity index (χ1v) is 6.60. The van der Waals surface area contributed by atoms with Gasteiger partial charge in [0.2, 0.25) is 0 Å². The minimum atomic E-state index is 0.596. The van der Waals surface area contributed by atoms with Gasteiger partial charge in [-0.1, -0.05) is 13.8 Å². The van der Waals surface area contributed by atoms with E-state index in [-0.39, 0.29) is 0 Å². The fourth-order valence-electron chi connectivity index (χ4n) is 1.59. The summed E-state index contributed by atoms with van der Waals surface area (Å²) < 4.78 is 10.7. The minimum Gasteiger partial charge on any atom is -0.467 e. The number of furan rings is 1. The maximum absolute atomic E-state index is 5.51. The van der Waals surface area contributed by atoms with Crippen LogP contribution in [0.15, 0.2) is 22.8 Å². The fraction of sp³-hybridized carbons (Fsp3) is 0.714. The Morgan fingerprint density at radius 2 is 2.18 bits per heavy atom. The summed E-state index contributed by atoms with van der Waals surface area (Å²) in [4.78, 5) is 0. The average molecular weight is 239 g/mol. The first-order valence-electron chi connectivity index (χ1n) is 6.60. The number of hydrogen-bond donors (Lipinski definition) is 1. The van der Waals surface area contributed by atoms with E-state index in [0.717, 1.165) is 37.8 Å². The van der Waals surface area contributed by atoms with Crippen LogP contribution in [-0.4, -0.2) is 19.7 Å². The van der Waals surface area contributed by atoms with Crippen LogP contribution in [0.1, 0.15) is 38.9 Å². The maximum Gasteiger partial charge on any atom is 0.129 e. The van der Waals surface area contributed by atoms with E-state index in [0.29, 0.717) is 6.61 Å². The summed E-state index contributed by atoms with van der Waals surface area (Å²) in [7, 11) is 0. The molecule has 0 spiro atoms. The van der Waals surface area contributed by atoms with Crippen molar-refractivity contribution in [3.63, 3.8) is 0 Å². The average Bonchev–Trinajstić information content (AvgIpc) is 2.79. The van der Waals surface area contributed by atoms with Crippen LogP contribution >= 0.6 is 0 Å². The van der Waals surface area contributed by atoms with Crippen LogP contribution in [0.5, 0.6) is 0 Å². The molecule has 0 fully saturated rings. The van der Waals surface area contributed by atoms with Gasteiger partial charge in [0.15, 0.2) is 0 Å². The van der Waals surface area contributed by atoms with Crippen molar-refractivity contribution in [1.29, 1.82) is 0 Å². The number of nitrogens with one attached hydrogen (secondary N) is 1. The van der Waals surface area contributed by atoms with Gasteiger partial charge in [-0.2, -0.15) is 0 Å². The maximum atomic E-state index is 5.51. The fourth-order valence-corrected chi connectivity index (χ4v) is 1.59. The molecule has 0 saturated heterocycles. The van der Waals surface area contributed by atoms with Crippen molar-refractivity contribution in [3.05, 3.63) is 24.2 Å². The van der Waals surface area contributed by atoms with Gasteiger partial charge in [-0.3, -0.25) is 0 Å². The minimum absolute atomic E-state index is 0.596. The van der Waals surface area contributed by atoms with Gasteiger partial charge in [-0.15, -0.1) is 0 Å². The largest absolute Gasteiger partial charge is 0.467 e. The standard InChI is InChI=1S/C14H25NO2/c1-13(2)11-15-8-4-3-5-9-16-12-14-7-6-10-17-14/h6-7,10,13,15H,3-5,8-9,11-12H2,1-2H3. The normalized spacial score (nSPS) is 11.2. The molecule has 1 N–H and O–H groups in total. The number of rotatable bonds is 10. The van der Waals surface area contributed by atoms with E-state index >= 15 is 0 Å². The molecule has 98 valence electrons. The molecule has 3 nitrogen and oxygen atoms in total.